The molecule has 0 aromatic carbocycles. The van der Waals surface area contributed by atoms with Crippen LogP contribution in [0.3, 0.4) is 0 Å². The SMILES string of the molecule is CC[C@H](C)[C@H](NC(=O)[C@H](CCCCN)NC(=O)[C@H](CC(N)=O)NC(=O)[C@H](CCCCN)NC(=O)[C@@H](N)CC(N)=O)C(=O)N[C@@H](CC(N)=O)C(=O)N[C@@H](CC(C)C)C(=O)N[C@@H](CCCCN)C(=O)N[C@@H](CCC(N)=O)C(=O)N[C@@H](CCC(N)=O)C(=O)O. The number of amides is 14. The number of rotatable bonds is 47. The Labute approximate surface area is 499 Å². The smallest absolute Gasteiger partial charge is 0.326 e. The molecule has 34 heteroatoms. The molecule has 0 aliphatic carbocycles. The van der Waals surface area contributed by atoms with E-state index >= 15 is 0 Å². The Kier molecular flexibility index (Phi) is 37.9. The van der Waals surface area contributed by atoms with Gasteiger partial charge in [0.2, 0.25) is 82.7 Å². The van der Waals surface area contributed by atoms with E-state index in [1.807, 2.05) is 0 Å². The summed E-state index contributed by atoms with van der Waals surface area (Å²) in [5, 5.41) is 31.6. The van der Waals surface area contributed by atoms with Crippen molar-refractivity contribution in [2.24, 2.45) is 63.4 Å². The predicted octanol–water partition coefficient (Wildman–Crippen LogP) is -7.60. The predicted molar refractivity (Wildman–Crippen MR) is 309 cm³/mol. The third-order valence-corrected chi connectivity index (χ3v) is 13.3. The largest absolute Gasteiger partial charge is 0.480 e. The fourth-order valence-corrected chi connectivity index (χ4v) is 8.35. The average Bonchev–Trinajstić information content (AvgIpc) is 3.64. The number of hydrogen-bond donors (Lipinski definition) is 19. The molecule has 0 fully saturated rings. The Morgan fingerprint density at radius 1 is 0.360 bits per heavy atom. The maximum absolute atomic E-state index is 14.3. The van der Waals surface area contributed by atoms with Crippen molar-refractivity contribution in [3.8, 4) is 0 Å². The minimum absolute atomic E-state index is 0.0311. The second kappa shape index (κ2) is 41.8. The van der Waals surface area contributed by atoms with Crippen LogP contribution in [-0.2, 0) is 71.9 Å². The van der Waals surface area contributed by atoms with Crippen LogP contribution >= 0.6 is 0 Å². The zero-order chi connectivity index (χ0) is 65.8. The van der Waals surface area contributed by atoms with Crippen molar-refractivity contribution in [3.63, 3.8) is 0 Å². The molecule has 488 valence electrons. The summed E-state index contributed by atoms with van der Waals surface area (Å²) >= 11 is 0. The van der Waals surface area contributed by atoms with Crippen LogP contribution in [-0.4, -0.2) is 174 Å². The highest BCUT2D eigenvalue weighted by Crippen LogP contribution is 2.14. The van der Waals surface area contributed by atoms with Crippen molar-refractivity contribution in [1.29, 1.82) is 0 Å². The minimum atomic E-state index is -1.81. The first-order chi connectivity index (χ1) is 40.3. The first-order valence-electron chi connectivity index (χ1n) is 28.6. The molecule has 0 saturated carbocycles. The Morgan fingerprint density at radius 3 is 1.01 bits per heavy atom. The van der Waals surface area contributed by atoms with Crippen LogP contribution in [0.2, 0.25) is 0 Å². The molecule has 34 nitrogen and oxygen atoms in total. The number of nitrogens with two attached hydrogens (primary N) is 9. The van der Waals surface area contributed by atoms with Crippen molar-refractivity contribution in [3.05, 3.63) is 0 Å². The molecule has 0 rings (SSSR count). The Morgan fingerprint density at radius 2 is 0.663 bits per heavy atom. The first-order valence-corrected chi connectivity index (χ1v) is 28.6. The third kappa shape index (κ3) is 32.2. The first kappa shape index (κ1) is 77.9. The molecule has 28 N–H and O–H groups in total. The Hall–Kier alpha value is -8.11. The summed E-state index contributed by atoms with van der Waals surface area (Å²) in [6, 6.07) is -15.5. The van der Waals surface area contributed by atoms with Gasteiger partial charge >= 0.3 is 5.97 Å². The normalized spacial score (nSPS) is 14.9. The molecule has 11 atom stereocenters. The molecule has 86 heavy (non-hydrogen) atoms. The van der Waals surface area contributed by atoms with Crippen molar-refractivity contribution in [2.75, 3.05) is 19.6 Å². The van der Waals surface area contributed by atoms with Crippen LogP contribution in [0.4, 0.5) is 0 Å². The quantitative estimate of drug-likeness (QED) is 0.0252. The zero-order valence-electron chi connectivity index (χ0n) is 49.5. The summed E-state index contributed by atoms with van der Waals surface area (Å²) in [6.45, 7) is 7.15. The lowest BCUT2D eigenvalue weighted by Crippen LogP contribution is -2.62. The molecule has 0 spiro atoms. The van der Waals surface area contributed by atoms with Crippen molar-refractivity contribution in [2.45, 2.75) is 204 Å². The third-order valence-electron chi connectivity index (χ3n) is 13.3. The van der Waals surface area contributed by atoms with Gasteiger partial charge in [0.1, 0.15) is 54.4 Å². The number of nitrogens with one attached hydrogen (secondary N) is 9. The minimum Gasteiger partial charge on any atom is -0.480 e. The van der Waals surface area contributed by atoms with Crippen LogP contribution in [0.25, 0.3) is 0 Å². The highest BCUT2D eigenvalue weighted by molar-refractivity contribution is 6.00. The second-order valence-electron chi connectivity index (χ2n) is 21.3. The van der Waals surface area contributed by atoms with Crippen LogP contribution in [0, 0.1) is 11.8 Å². The van der Waals surface area contributed by atoms with Gasteiger partial charge in [-0.3, -0.25) is 67.1 Å². The van der Waals surface area contributed by atoms with E-state index in [-0.39, 0.29) is 70.5 Å². The topological polar surface area (TPSA) is 619 Å². The molecule has 0 unspecified atom stereocenters. The summed E-state index contributed by atoms with van der Waals surface area (Å²) in [7, 11) is 0. The van der Waals surface area contributed by atoms with Crippen LogP contribution in [0.15, 0.2) is 0 Å². The number of carbonyl (C=O) groups excluding carboxylic acids is 14. The van der Waals surface area contributed by atoms with E-state index in [1.54, 1.807) is 27.7 Å². The lowest BCUT2D eigenvalue weighted by molar-refractivity contribution is -0.143. The number of hydrogen-bond acceptors (Lipinski definition) is 19. The van der Waals surface area contributed by atoms with E-state index in [0.717, 1.165) is 0 Å². The summed E-state index contributed by atoms with van der Waals surface area (Å²) in [5.41, 5.74) is 49.4. The van der Waals surface area contributed by atoms with Crippen molar-refractivity contribution in [1.82, 2.24) is 47.9 Å². The summed E-state index contributed by atoms with van der Waals surface area (Å²) < 4.78 is 0. The number of aliphatic carboxylic acids is 1. The maximum atomic E-state index is 14.3. The van der Waals surface area contributed by atoms with Gasteiger partial charge in [-0.05, 0) is 109 Å². The summed E-state index contributed by atoms with van der Waals surface area (Å²) in [4.78, 5) is 196. The molecule has 0 aliphatic heterocycles. The molecule has 0 radical (unpaired) electrons. The van der Waals surface area contributed by atoms with E-state index in [2.05, 4.69) is 47.9 Å². The van der Waals surface area contributed by atoms with Crippen molar-refractivity contribution >= 4 is 88.7 Å². The van der Waals surface area contributed by atoms with Gasteiger partial charge in [0.15, 0.2) is 0 Å². The second-order valence-corrected chi connectivity index (χ2v) is 21.3. The molecule has 0 aliphatic rings. The van der Waals surface area contributed by atoms with Crippen LogP contribution in [0.1, 0.15) is 143 Å². The van der Waals surface area contributed by atoms with Gasteiger partial charge in [-0.2, -0.15) is 0 Å². The van der Waals surface area contributed by atoms with E-state index in [1.165, 1.54) is 0 Å². The number of primary amides is 5. The standard InChI is InChI=1S/C52H94N18O16/c1-5-27(4)42(70-47(80)31(14-8-11-21-55)64-49(82)35(24-40(60)74)68-45(78)29(12-6-9-19-53)62-43(76)28(56)23-39(59)73)51(84)69-36(25-41(61)75)50(83)67-34(22-26(2)3)48(81)63-30(13-7-10-20-54)44(77)65-32(15-17-37(57)71)46(79)66-33(52(85)86)16-18-38(58)72/h26-36,42H,5-25,53-56H2,1-4H3,(H2,57,71)(H2,58,72)(H2,59,73)(H2,60,74)(H2,61,75)(H,62,76)(H,63,81)(H,64,82)(H,65,77)(H,66,79)(H,67,83)(H,68,78)(H,69,84)(H,70,80)(H,85,86)/t27-,28-,29-,30-,31-,32-,33-,34-,35-,36-,42-/m0/s1. The van der Waals surface area contributed by atoms with E-state index in [9.17, 15) is 77.0 Å². The monoisotopic (exact) mass is 1230 g/mol. The number of carbonyl (C=O) groups is 15. The molecule has 14 amide bonds. The molecule has 0 aromatic rings. The number of unbranched alkanes of at least 4 members (excludes halogenated alkanes) is 3. The van der Waals surface area contributed by atoms with Gasteiger partial charge in [0, 0.05) is 12.8 Å². The molecule has 0 aromatic heterocycles. The molecule has 0 bridgehead atoms. The summed E-state index contributed by atoms with van der Waals surface area (Å²) in [6.07, 6.45) is -2.21. The summed E-state index contributed by atoms with van der Waals surface area (Å²) in [5.74, 6) is -16.5. The molecule has 0 heterocycles. The number of carboxylic acid groups (broad SMARTS) is 1. The Balaban J connectivity index is 6.98. The highest BCUT2D eigenvalue weighted by Gasteiger charge is 2.38. The molecule has 0 saturated heterocycles. The molecular weight excluding hydrogens is 1130 g/mol. The molecular formula is C52H94N18O16. The van der Waals surface area contributed by atoms with E-state index < -0.39 is 200 Å². The van der Waals surface area contributed by atoms with E-state index in [0.29, 0.717) is 25.7 Å². The highest BCUT2D eigenvalue weighted by atomic mass is 16.4. The van der Waals surface area contributed by atoms with Crippen molar-refractivity contribution < 1.29 is 77.0 Å². The van der Waals surface area contributed by atoms with Gasteiger partial charge in [-0.1, -0.05) is 34.1 Å². The Bertz CT molecular complexity index is 2330. The maximum Gasteiger partial charge on any atom is 0.326 e. The lowest BCUT2D eigenvalue weighted by atomic mass is 9.96. The van der Waals surface area contributed by atoms with E-state index in [4.69, 9.17) is 51.6 Å². The van der Waals surface area contributed by atoms with Gasteiger partial charge in [-0.25, -0.2) is 4.79 Å². The lowest BCUT2D eigenvalue weighted by Gasteiger charge is -2.30. The zero-order valence-corrected chi connectivity index (χ0v) is 49.5. The van der Waals surface area contributed by atoms with Gasteiger partial charge in [0.05, 0.1) is 25.3 Å². The fourth-order valence-electron chi connectivity index (χ4n) is 8.35. The van der Waals surface area contributed by atoms with Gasteiger partial charge < -0.3 is 105 Å². The van der Waals surface area contributed by atoms with Crippen LogP contribution in [0.5, 0.6) is 0 Å². The fraction of sp³-hybridized carbons (Fsp3) is 0.712. The van der Waals surface area contributed by atoms with Gasteiger partial charge in [-0.15, -0.1) is 0 Å². The number of carboxylic acids is 1. The average molecular weight is 1230 g/mol. The van der Waals surface area contributed by atoms with Crippen LogP contribution < -0.4 is 99.5 Å². The van der Waals surface area contributed by atoms with Gasteiger partial charge in [0.25, 0.3) is 0 Å².